The molecule has 0 aromatic heterocycles. The fraction of sp³-hybridized carbons (Fsp3) is 0.364. The van der Waals surface area contributed by atoms with Crippen molar-refractivity contribution in [2.75, 3.05) is 30.0 Å². The molecule has 0 saturated carbocycles. The zero-order chi connectivity index (χ0) is 13.8. The van der Waals surface area contributed by atoms with E-state index in [0.29, 0.717) is 31.1 Å². The Kier molecular flexibility index (Phi) is 3.79. The first kappa shape index (κ1) is 13.1. The summed E-state index contributed by atoms with van der Waals surface area (Å²) in [7, 11) is 0. The molecule has 0 radical (unpaired) electrons. The second-order valence-electron chi connectivity index (χ2n) is 4.07. The lowest BCUT2D eigenvalue weighted by atomic mass is 10.2. The van der Waals surface area contributed by atoms with Crippen molar-refractivity contribution in [1.82, 2.24) is 0 Å². The Balaban J connectivity index is 2.30. The van der Waals surface area contributed by atoms with Crippen LogP contribution in [0.5, 0.6) is 0 Å². The van der Waals surface area contributed by atoms with Gasteiger partial charge < -0.3 is 15.1 Å². The largest absolute Gasteiger partial charge is 0.365 e. The summed E-state index contributed by atoms with van der Waals surface area (Å²) in [6.45, 7) is 1.36. The molecule has 1 heterocycles. The van der Waals surface area contributed by atoms with Gasteiger partial charge in [0.25, 0.3) is 5.69 Å². The maximum atomic E-state index is 10.9. The average molecular weight is 263 g/mol. The zero-order valence-electron chi connectivity index (χ0n) is 10.1. The lowest BCUT2D eigenvalue weighted by molar-refractivity contribution is -0.384. The van der Waals surface area contributed by atoms with Gasteiger partial charge in [0.1, 0.15) is 0 Å². The number of nitrogens with two attached hydrogens (primary N) is 1. The number of hydrogen-bond donors (Lipinski definition) is 2. The number of rotatable bonds is 3. The van der Waals surface area contributed by atoms with E-state index in [2.05, 4.69) is 5.43 Å². The molecule has 19 heavy (non-hydrogen) atoms. The van der Waals surface area contributed by atoms with Crippen molar-refractivity contribution in [1.29, 1.82) is 5.26 Å². The van der Waals surface area contributed by atoms with Crippen molar-refractivity contribution in [3.05, 3.63) is 28.3 Å². The highest BCUT2D eigenvalue weighted by molar-refractivity contribution is 5.64. The fourth-order valence-corrected chi connectivity index (χ4v) is 1.93. The first-order valence-electron chi connectivity index (χ1n) is 5.66. The summed E-state index contributed by atoms with van der Waals surface area (Å²) in [5, 5.41) is 19.7. The third-order valence-electron chi connectivity index (χ3n) is 2.86. The number of nitrogens with zero attached hydrogens (tertiary/aromatic N) is 3. The number of anilines is 2. The van der Waals surface area contributed by atoms with Crippen LogP contribution in [0.1, 0.15) is 0 Å². The number of hydrazine groups is 1. The van der Waals surface area contributed by atoms with Gasteiger partial charge in [-0.2, -0.15) is 5.26 Å². The number of nitro groups is 1. The SMILES string of the molecule is N#CC1CN(c2cc(NN)cc([N+](=O)[O-])c2)CCO1. The Hall–Kier alpha value is -2.37. The van der Waals surface area contributed by atoms with Crippen molar-refractivity contribution in [3.8, 4) is 6.07 Å². The van der Waals surface area contributed by atoms with Crippen LogP contribution in [0.3, 0.4) is 0 Å². The highest BCUT2D eigenvalue weighted by Gasteiger charge is 2.22. The van der Waals surface area contributed by atoms with Crippen molar-refractivity contribution in [3.63, 3.8) is 0 Å². The van der Waals surface area contributed by atoms with Crippen molar-refractivity contribution >= 4 is 17.1 Å². The van der Waals surface area contributed by atoms with E-state index < -0.39 is 11.0 Å². The van der Waals surface area contributed by atoms with Crippen molar-refractivity contribution in [2.24, 2.45) is 5.84 Å². The molecule has 0 amide bonds. The molecular formula is C11H13N5O3. The Bertz CT molecular complexity index is 528. The Morgan fingerprint density at radius 1 is 1.58 bits per heavy atom. The number of hydrogen-bond acceptors (Lipinski definition) is 7. The quantitative estimate of drug-likeness (QED) is 0.466. The van der Waals surface area contributed by atoms with Crippen LogP contribution in [-0.4, -0.2) is 30.7 Å². The van der Waals surface area contributed by atoms with Crippen LogP contribution in [-0.2, 0) is 4.74 Å². The third kappa shape index (κ3) is 2.90. The molecule has 0 spiro atoms. The van der Waals surface area contributed by atoms with Crippen molar-refractivity contribution < 1.29 is 9.66 Å². The zero-order valence-corrected chi connectivity index (χ0v) is 10.1. The number of nitrogens with one attached hydrogen (secondary N) is 1. The van der Waals surface area contributed by atoms with E-state index in [1.54, 1.807) is 6.07 Å². The third-order valence-corrected chi connectivity index (χ3v) is 2.86. The van der Waals surface area contributed by atoms with E-state index in [4.69, 9.17) is 15.8 Å². The molecule has 1 atom stereocenters. The summed E-state index contributed by atoms with van der Waals surface area (Å²) in [4.78, 5) is 12.3. The summed E-state index contributed by atoms with van der Waals surface area (Å²) in [5.74, 6) is 5.30. The molecule has 1 saturated heterocycles. The summed E-state index contributed by atoms with van der Waals surface area (Å²) >= 11 is 0. The molecule has 1 fully saturated rings. The lowest BCUT2D eigenvalue weighted by Gasteiger charge is -2.31. The minimum Gasteiger partial charge on any atom is -0.365 e. The molecular weight excluding hydrogens is 250 g/mol. The summed E-state index contributed by atoms with van der Waals surface area (Å²) < 4.78 is 5.24. The Labute approximate surface area is 109 Å². The summed E-state index contributed by atoms with van der Waals surface area (Å²) in [5.41, 5.74) is 3.44. The molecule has 8 heteroatoms. The first-order valence-corrected chi connectivity index (χ1v) is 5.66. The van der Waals surface area contributed by atoms with Crippen LogP contribution in [0.4, 0.5) is 17.1 Å². The van der Waals surface area contributed by atoms with Crippen LogP contribution in [0.25, 0.3) is 0 Å². The van der Waals surface area contributed by atoms with E-state index in [-0.39, 0.29) is 5.69 Å². The second kappa shape index (κ2) is 5.51. The predicted molar refractivity (Wildman–Crippen MR) is 68.5 cm³/mol. The second-order valence-corrected chi connectivity index (χ2v) is 4.07. The highest BCUT2D eigenvalue weighted by Crippen LogP contribution is 2.27. The summed E-state index contributed by atoms with van der Waals surface area (Å²) in [6, 6.07) is 6.54. The first-order chi connectivity index (χ1) is 9.13. The van der Waals surface area contributed by atoms with E-state index in [0.717, 1.165) is 0 Å². The van der Waals surface area contributed by atoms with Gasteiger partial charge in [-0.25, -0.2) is 0 Å². The van der Waals surface area contributed by atoms with Crippen LogP contribution in [0.15, 0.2) is 18.2 Å². The van der Waals surface area contributed by atoms with Gasteiger partial charge in [-0.1, -0.05) is 0 Å². The smallest absolute Gasteiger partial charge is 0.273 e. The van der Waals surface area contributed by atoms with E-state index >= 15 is 0 Å². The maximum absolute atomic E-state index is 10.9. The van der Waals surface area contributed by atoms with Gasteiger partial charge >= 0.3 is 0 Å². The summed E-state index contributed by atoms with van der Waals surface area (Å²) in [6.07, 6.45) is -0.526. The Morgan fingerprint density at radius 2 is 2.37 bits per heavy atom. The maximum Gasteiger partial charge on any atom is 0.273 e. The standard InChI is InChI=1S/C11H13N5O3/c12-6-11-7-15(1-2-19-11)9-3-8(14-13)4-10(5-9)16(17)18/h3-5,11,14H,1-2,7,13H2. The number of benzene rings is 1. The monoisotopic (exact) mass is 263 g/mol. The van der Waals surface area contributed by atoms with Crippen molar-refractivity contribution in [2.45, 2.75) is 6.10 Å². The van der Waals surface area contributed by atoms with Crippen LogP contribution < -0.4 is 16.2 Å². The topological polar surface area (TPSA) is 117 Å². The molecule has 1 aromatic rings. The van der Waals surface area contributed by atoms with Gasteiger partial charge in [-0.3, -0.25) is 16.0 Å². The number of nitriles is 1. The lowest BCUT2D eigenvalue weighted by Crippen LogP contribution is -2.41. The molecule has 0 bridgehead atoms. The molecule has 100 valence electrons. The number of ether oxygens (including phenoxy) is 1. The van der Waals surface area contributed by atoms with Gasteiger partial charge in [0.15, 0.2) is 6.10 Å². The number of nitro benzene ring substituents is 1. The normalized spacial score (nSPS) is 18.7. The highest BCUT2D eigenvalue weighted by atomic mass is 16.6. The molecule has 8 nitrogen and oxygen atoms in total. The Morgan fingerprint density at radius 3 is 3.00 bits per heavy atom. The van der Waals surface area contributed by atoms with Gasteiger partial charge in [-0.15, -0.1) is 0 Å². The molecule has 1 aromatic carbocycles. The van der Waals surface area contributed by atoms with Crippen LogP contribution >= 0.6 is 0 Å². The van der Waals surface area contributed by atoms with Gasteiger partial charge in [-0.05, 0) is 6.07 Å². The van der Waals surface area contributed by atoms with E-state index in [1.165, 1.54) is 12.1 Å². The van der Waals surface area contributed by atoms with Gasteiger partial charge in [0.05, 0.1) is 29.8 Å². The van der Waals surface area contributed by atoms with E-state index in [9.17, 15) is 10.1 Å². The molecule has 1 aliphatic rings. The fourth-order valence-electron chi connectivity index (χ4n) is 1.93. The molecule has 2 rings (SSSR count). The van der Waals surface area contributed by atoms with Gasteiger partial charge in [0, 0.05) is 24.4 Å². The number of non-ortho nitro benzene ring substituents is 1. The van der Waals surface area contributed by atoms with Gasteiger partial charge in [0.2, 0.25) is 0 Å². The molecule has 3 N–H and O–H groups in total. The van der Waals surface area contributed by atoms with Crippen LogP contribution in [0.2, 0.25) is 0 Å². The molecule has 0 aliphatic carbocycles. The minimum atomic E-state index is -0.526. The minimum absolute atomic E-state index is 0.0505. The van der Waals surface area contributed by atoms with E-state index in [1.807, 2.05) is 11.0 Å². The molecule has 1 unspecified atom stereocenters. The molecule has 1 aliphatic heterocycles. The average Bonchev–Trinajstić information content (AvgIpc) is 2.46. The number of morpholine rings is 1. The predicted octanol–water partition coefficient (Wildman–Crippen LogP) is 0.609. The van der Waals surface area contributed by atoms with Crippen LogP contribution in [0, 0.1) is 21.4 Å². The number of nitrogen functional groups attached to an aromatic ring is 1.